The number of benzene rings is 2. The molecule has 4 aromatic rings. The summed E-state index contributed by atoms with van der Waals surface area (Å²) >= 11 is 0. The van der Waals surface area contributed by atoms with E-state index in [1.165, 1.54) is 0 Å². The molecule has 2 amide bonds. The van der Waals surface area contributed by atoms with Crippen LogP contribution in [0.2, 0.25) is 0 Å². The van der Waals surface area contributed by atoms with Crippen molar-refractivity contribution in [2.45, 2.75) is 13.3 Å². The van der Waals surface area contributed by atoms with Crippen LogP contribution in [0.3, 0.4) is 0 Å². The lowest BCUT2D eigenvalue weighted by molar-refractivity contribution is -0.122. The SMILES string of the molecule is COc1cccc(N2CC(C(=O)Nc3ccc(Oc4cc(-n5cccc5)nc(C)n4)cc3)CC2=O)c1. The molecule has 0 saturated carbocycles. The lowest BCUT2D eigenvalue weighted by Gasteiger charge is -2.17. The van der Waals surface area contributed by atoms with Crippen LogP contribution in [0.15, 0.2) is 79.1 Å². The summed E-state index contributed by atoms with van der Waals surface area (Å²) in [5.74, 6) is 2.21. The van der Waals surface area contributed by atoms with Crippen LogP contribution in [0.25, 0.3) is 5.82 Å². The van der Waals surface area contributed by atoms with E-state index in [0.717, 1.165) is 5.69 Å². The summed E-state index contributed by atoms with van der Waals surface area (Å²) in [4.78, 5) is 35.8. The number of carbonyl (C=O) groups excluding carboxylic acids is 2. The van der Waals surface area contributed by atoms with Crippen molar-refractivity contribution in [2.24, 2.45) is 5.92 Å². The highest BCUT2D eigenvalue weighted by Gasteiger charge is 2.35. The zero-order valence-corrected chi connectivity index (χ0v) is 19.9. The van der Waals surface area contributed by atoms with Gasteiger partial charge >= 0.3 is 0 Å². The maximum Gasteiger partial charge on any atom is 0.229 e. The van der Waals surface area contributed by atoms with Crippen LogP contribution in [-0.4, -0.2) is 40.0 Å². The van der Waals surface area contributed by atoms with Crippen molar-refractivity contribution >= 4 is 23.2 Å². The van der Waals surface area contributed by atoms with Gasteiger partial charge in [0.1, 0.15) is 23.1 Å². The van der Waals surface area contributed by atoms with Gasteiger partial charge in [0, 0.05) is 48.9 Å². The summed E-state index contributed by atoms with van der Waals surface area (Å²) < 4.78 is 13.0. The summed E-state index contributed by atoms with van der Waals surface area (Å²) in [6.07, 6.45) is 3.95. The van der Waals surface area contributed by atoms with Gasteiger partial charge in [0.2, 0.25) is 17.7 Å². The Morgan fingerprint density at radius 3 is 2.53 bits per heavy atom. The second kappa shape index (κ2) is 9.91. The van der Waals surface area contributed by atoms with Crippen molar-refractivity contribution in [3.8, 4) is 23.2 Å². The second-order valence-electron chi connectivity index (χ2n) is 8.42. The first-order chi connectivity index (χ1) is 17.5. The van der Waals surface area contributed by atoms with Gasteiger partial charge in [0.05, 0.1) is 13.0 Å². The van der Waals surface area contributed by atoms with Crippen molar-refractivity contribution in [3.63, 3.8) is 0 Å². The van der Waals surface area contributed by atoms with E-state index in [1.807, 2.05) is 54.2 Å². The van der Waals surface area contributed by atoms with Gasteiger partial charge in [-0.1, -0.05) is 6.07 Å². The number of ether oxygens (including phenoxy) is 2. The Labute approximate surface area is 208 Å². The molecule has 0 spiro atoms. The van der Waals surface area contributed by atoms with Gasteiger partial charge in [-0.2, -0.15) is 4.98 Å². The number of nitrogens with zero attached hydrogens (tertiary/aromatic N) is 4. The van der Waals surface area contributed by atoms with Crippen molar-refractivity contribution in [1.29, 1.82) is 0 Å². The van der Waals surface area contributed by atoms with Gasteiger partial charge in [-0.3, -0.25) is 9.59 Å². The van der Waals surface area contributed by atoms with E-state index in [-0.39, 0.29) is 18.2 Å². The third kappa shape index (κ3) is 5.05. The smallest absolute Gasteiger partial charge is 0.229 e. The molecular formula is C27H25N5O4. The van der Waals surface area contributed by atoms with E-state index >= 15 is 0 Å². The Bertz CT molecular complexity index is 1390. The molecule has 1 fully saturated rings. The van der Waals surface area contributed by atoms with Crippen molar-refractivity contribution in [3.05, 3.63) is 84.9 Å². The number of amides is 2. The lowest BCUT2D eigenvalue weighted by atomic mass is 10.1. The number of rotatable bonds is 7. The highest BCUT2D eigenvalue weighted by molar-refractivity contribution is 6.03. The van der Waals surface area contributed by atoms with Crippen LogP contribution < -0.4 is 19.7 Å². The van der Waals surface area contributed by atoms with Crippen LogP contribution in [0.5, 0.6) is 17.4 Å². The summed E-state index contributed by atoms with van der Waals surface area (Å²) in [7, 11) is 1.58. The van der Waals surface area contributed by atoms with Crippen molar-refractivity contribution in [2.75, 3.05) is 23.9 Å². The molecule has 2 aromatic heterocycles. The predicted molar refractivity (Wildman–Crippen MR) is 135 cm³/mol. The summed E-state index contributed by atoms with van der Waals surface area (Å²) in [5, 5.41) is 2.90. The molecule has 1 atom stereocenters. The Hall–Kier alpha value is -4.66. The highest BCUT2D eigenvalue weighted by Crippen LogP contribution is 2.29. The minimum absolute atomic E-state index is 0.0911. The van der Waals surface area contributed by atoms with E-state index in [0.29, 0.717) is 41.3 Å². The fraction of sp³-hybridized carbons (Fsp3) is 0.185. The Morgan fingerprint density at radius 2 is 1.78 bits per heavy atom. The first kappa shape index (κ1) is 23.1. The lowest BCUT2D eigenvalue weighted by Crippen LogP contribution is -2.28. The molecule has 9 nitrogen and oxygen atoms in total. The average Bonchev–Trinajstić information content (AvgIpc) is 3.55. The van der Waals surface area contributed by atoms with E-state index in [1.54, 1.807) is 48.4 Å². The molecule has 0 radical (unpaired) electrons. The molecule has 1 saturated heterocycles. The fourth-order valence-corrected chi connectivity index (χ4v) is 4.08. The minimum Gasteiger partial charge on any atom is -0.497 e. The van der Waals surface area contributed by atoms with Crippen LogP contribution >= 0.6 is 0 Å². The van der Waals surface area contributed by atoms with Gasteiger partial charge in [-0.05, 0) is 55.5 Å². The molecule has 2 aromatic carbocycles. The third-order valence-corrected chi connectivity index (χ3v) is 5.88. The second-order valence-corrected chi connectivity index (χ2v) is 8.42. The van der Waals surface area contributed by atoms with Crippen LogP contribution in [-0.2, 0) is 9.59 Å². The molecule has 3 heterocycles. The maximum atomic E-state index is 12.9. The molecule has 9 heteroatoms. The predicted octanol–water partition coefficient (Wildman–Crippen LogP) is 4.37. The van der Waals surface area contributed by atoms with Crippen LogP contribution in [0.1, 0.15) is 12.2 Å². The molecule has 0 bridgehead atoms. The molecule has 36 heavy (non-hydrogen) atoms. The van der Waals surface area contributed by atoms with Gasteiger partial charge in [-0.25, -0.2) is 4.98 Å². The standard InChI is InChI=1S/C27H25N5O4/c1-18-28-24(31-12-3-4-13-31)16-25(29-18)36-22-10-8-20(9-11-22)30-27(34)19-14-26(33)32(17-19)21-6-5-7-23(15-21)35-2/h3-13,15-16,19H,14,17H2,1-2H3,(H,30,34). The average molecular weight is 484 g/mol. The quantitative estimate of drug-likeness (QED) is 0.419. The highest BCUT2D eigenvalue weighted by atomic mass is 16.5. The number of hydrogen-bond acceptors (Lipinski definition) is 6. The zero-order valence-electron chi connectivity index (χ0n) is 19.9. The molecular weight excluding hydrogens is 458 g/mol. The number of carbonyl (C=O) groups is 2. The number of aryl methyl sites for hydroxylation is 1. The first-order valence-corrected chi connectivity index (χ1v) is 11.5. The zero-order chi connectivity index (χ0) is 25.1. The number of anilines is 2. The van der Waals surface area contributed by atoms with Crippen molar-refractivity contribution in [1.82, 2.24) is 14.5 Å². The molecule has 5 rings (SSSR count). The molecule has 0 aliphatic carbocycles. The molecule has 1 aliphatic rings. The fourth-order valence-electron chi connectivity index (χ4n) is 4.08. The molecule has 1 N–H and O–H groups in total. The maximum absolute atomic E-state index is 12.9. The van der Waals surface area contributed by atoms with E-state index in [4.69, 9.17) is 9.47 Å². The topological polar surface area (TPSA) is 98.6 Å². The van der Waals surface area contributed by atoms with Gasteiger partial charge < -0.3 is 24.3 Å². The van der Waals surface area contributed by atoms with E-state index in [9.17, 15) is 9.59 Å². The van der Waals surface area contributed by atoms with Crippen LogP contribution in [0, 0.1) is 12.8 Å². The first-order valence-electron chi connectivity index (χ1n) is 11.5. The Kier molecular flexibility index (Phi) is 6.36. The summed E-state index contributed by atoms with van der Waals surface area (Å²) in [5.41, 5.74) is 1.34. The van der Waals surface area contributed by atoms with Crippen molar-refractivity contribution < 1.29 is 19.1 Å². The summed E-state index contributed by atoms with van der Waals surface area (Å²) in [6, 6.07) is 19.9. The van der Waals surface area contributed by atoms with E-state index < -0.39 is 5.92 Å². The monoisotopic (exact) mass is 483 g/mol. The summed E-state index contributed by atoms with van der Waals surface area (Å²) in [6.45, 7) is 2.12. The minimum atomic E-state index is -0.448. The Morgan fingerprint density at radius 1 is 1.00 bits per heavy atom. The van der Waals surface area contributed by atoms with Crippen LogP contribution in [0.4, 0.5) is 11.4 Å². The Balaban J connectivity index is 1.22. The number of methoxy groups -OCH3 is 1. The van der Waals surface area contributed by atoms with Gasteiger partial charge in [-0.15, -0.1) is 0 Å². The molecule has 182 valence electrons. The third-order valence-electron chi connectivity index (χ3n) is 5.88. The number of hydrogen-bond donors (Lipinski definition) is 1. The molecule has 1 unspecified atom stereocenters. The molecule has 1 aliphatic heterocycles. The van der Waals surface area contributed by atoms with Gasteiger partial charge in [0.25, 0.3) is 0 Å². The number of aromatic nitrogens is 3. The number of nitrogens with one attached hydrogen (secondary N) is 1. The van der Waals surface area contributed by atoms with E-state index in [2.05, 4.69) is 15.3 Å². The normalized spacial score (nSPS) is 15.1. The largest absolute Gasteiger partial charge is 0.497 e. The van der Waals surface area contributed by atoms with Gasteiger partial charge in [0.15, 0.2) is 0 Å².